The van der Waals surface area contributed by atoms with Crippen LogP contribution in [0, 0.1) is 11.3 Å². The van der Waals surface area contributed by atoms with Crippen LogP contribution in [0.5, 0.6) is 11.6 Å². The number of pyridine rings is 1. The van der Waals surface area contributed by atoms with Crippen molar-refractivity contribution in [2.45, 2.75) is 26.2 Å². The lowest BCUT2D eigenvalue weighted by Gasteiger charge is -2.11. The second kappa shape index (κ2) is 11.9. The fraction of sp³-hybridized carbons (Fsp3) is 0.455. The summed E-state index contributed by atoms with van der Waals surface area (Å²) in [7, 11) is 3.08. The van der Waals surface area contributed by atoms with Crippen LogP contribution in [0.25, 0.3) is 0 Å². The zero-order valence-electron chi connectivity index (χ0n) is 17.2. The first kappa shape index (κ1) is 22.5. The normalized spacial score (nSPS) is 13.0. The highest BCUT2D eigenvalue weighted by atomic mass is 16.6. The molecule has 1 aromatic carbocycles. The zero-order chi connectivity index (χ0) is 21.1. The molecule has 0 amide bonds. The first-order chi connectivity index (χ1) is 14.1. The van der Waals surface area contributed by atoms with E-state index in [0.29, 0.717) is 30.0 Å². The predicted octanol–water partition coefficient (Wildman–Crippen LogP) is 2.64. The van der Waals surface area contributed by atoms with E-state index in [1.54, 1.807) is 13.2 Å². The number of hydrogen-bond acceptors (Lipinski definition) is 6. The van der Waals surface area contributed by atoms with Crippen LogP contribution >= 0.6 is 0 Å². The van der Waals surface area contributed by atoms with Crippen LogP contribution in [-0.4, -0.2) is 45.6 Å². The van der Waals surface area contributed by atoms with E-state index >= 15 is 0 Å². The van der Waals surface area contributed by atoms with Crippen molar-refractivity contribution < 1.29 is 18.9 Å². The van der Waals surface area contributed by atoms with Crippen molar-refractivity contribution in [1.82, 2.24) is 4.98 Å². The minimum Gasteiger partial charge on any atom is -0.495 e. The summed E-state index contributed by atoms with van der Waals surface area (Å²) in [6.45, 7) is 5.07. The van der Waals surface area contributed by atoms with Crippen LogP contribution < -0.4 is 14.9 Å². The number of aromatic nitrogens is 1. The van der Waals surface area contributed by atoms with E-state index in [4.69, 9.17) is 24.2 Å². The van der Waals surface area contributed by atoms with Crippen LogP contribution in [0.4, 0.5) is 0 Å². The SMILES string of the molecule is C1COCCO1.CCc1c(CCc2ccc(OC)c(C#N)c2)[nH]c(OC)cc1=O. The van der Waals surface area contributed by atoms with E-state index in [9.17, 15) is 4.79 Å². The van der Waals surface area contributed by atoms with Gasteiger partial charge in [0.25, 0.3) is 0 Å². The maximum atomic E-state index is 12.1. The lowest BCUT2D eigenvalue weighted by molar-refractivity contribution is -0.0334. The van der Waals surface area contributed by atoms with Gasteiger partial charge in [-0.05, 0) is 37.0 Å². The standard InChI is InChI=1S/C18H20N2O3.C4H8O2/c1-4-14-15(20-18(23-3)10-16(14)21)7-5-12-6-8-17(22-2)13(9-12)11-19;1-2-6-4-3-5-1/h6,8-10H,4-5,7H2,1-3H3,(H,20,21);1-4H2. The summed E-state index contributed by atoms with van der Waals surface area (Å²) >= 11 is 0. The number of nitrogens with zero attached hydrogens (tertiary/aromatic N) is 1. The number of H-pyrrole nitrogens is 1. The molecule has 0 unspecified atom stereocenters. The highest BCUT2D eigenvalue weighted by Gasteiger charge is 2.10. The van der Waals surface area contributed by atoms with Crippen LogP contribution in [-0.2, 0) is 28.7 Å². The largest absolute Gasteiger partial charge is 0.495 e. The van der Waals surface area contributed by atoms with Crippen molar-refractivity contribution in [2.75, 3.05) is 40.6 Å². The number of methoxy groups -OCH3 is 2. The molecule has 0 saturated carbocycles. The molecule has 156 valence electrons. The van der Waals surface area contributed by atoms with Gasteiger partial charge in [0.1, 0.15) is 11.8 Å². The summed E-state index contributed by atoms with van der Waals surface area (Å²) in [6, 6.07) is 9.16. The first-order valence-electron chi connectivity index (χ1n) is 9.64. The summed E-state index contributed by atoms with van der Waals surface area (Å²) in [5.74, 6) is 1.04. The van der Waals surface area contributed by atoms with Gasteiger partial charge in [-0.25, -0.2) is 0 Å². The molecule has 0 spiro atoms. The highest BCUT2D eigenvalue weighted by molar-refractivity contribution is 5.45. The van der Waals surface area contributed by atoms with Crippen LogP contribution in [0.2, 0.25) is 0 Å². The van der Waals surface area contributed by atoms with E-state index in [1.807, 2.05) is 19.1 Å². The van der Waals surface area contributed by atoms with Crippen LogP contribution in [0.15, 0.2) is 29.1 Å². The van der Waals surface area contributed by atoms with E-state index in [-0.39, 0.29) is 5.43 Å². The molecule has 7 nitrogen and oxygen atoms in total. The molecule has 7 heteroatoms. The molecule has 29 heavy (non-hydrogen) atoms. The molecule has 2 heterocycles. The average molecular weight is 400 g/mol. The van der Waals surface area contributed by atoms with Crippen molar-refractivity contribution in [3.05, 3.63) is 56.9 Å². The Morgan fingerprint density at radius 3 is 2.28 bits per heavy atom. The monoisotopic (exact) mass is 400 g/mol. The predicted molar refractivity (Wildman–Crippen MR) is 110 cm³/mol. The van der Waals surface area contributed by atoms with Gasteiger partial charge in [0.2, 0.25) is 0 Å². The first-order valence-corrected chi connectivity index (χ1v) is 9.64. The second-order valence-electron chi connectivity index (χ2n) is 6.38. The third-order valence-corrected chi connectivity index (χ3v) is 4.56. The van der Waals surface area contributed by atoms with E-state index < -0.39 is 0 Å². The third-order valence-electron chi connectivity index (χ3n) is 4.56. The number of aryl methyl sites for hydroxylation is 2. The lowest BCUT2D eigenvalue weighted by Crippen LogP contribution is -2.16. The Morgan fingerprint density at radius 1 is 1.07 bits per heavy atom. The van der Waals surface area contributed by atoms with Crippen molar-refractivity contribution in [1.29, 1.82) is 5.26 Å². The summed E-state index contributed by atoms with van der Waals surface area (Å²) in [4.78, 5) is 15.3. The molecule has 1 fully saturated rings. The number of hydrogen-bond donors (Lipinski definition) is 1. The van der Waals surface area contributed by atoms with Crippen molar-refractivity contribution >= 4 is 0 Å². The van der Waals surface area contributed by atoms with Gasteiger partial charge in [0, 0.05) is 17.3 Å². The van der Waals surface area contributed by atoms with Crippen molar-refractivity contribution in [3.63, 3.8) is 0 Å². The molecule has 1 aromatic heterocycles. The fourth-order valence-corrected chi connectivity index (χ4v) is 3.03. The Hall–Kier alpha value is -2.82. The number of rotatable bonds is 6. The number of nitrogens with one attached hydrogen (secondary N) is 1. The molecule has 0 radical (unpaired) electrons. The van der Waals surface area contributed by atoms with E-state index in [1.165, 1.54) is 13.2 Å². The van der Waals surface area contributed by atoms with Crippen molar-refractivity contribution in [3.8, 4) is 17.7 Å². The van der Waals surface area contributed by atoms with Gasteiger partial charge >= 0.3 is 0 Å². The summed E-state index contributed by atoms with van der Waals surface area (Å²) in [5.41, 5.74) is 3.18. The lowest BCUT2D eigenvalue weighted by atomic mass is 10.0. The molecular formula is C22H28N2O5. The molecular weight excluding hydrogens is 372 g/mol. The van der Waals surface area contributed by atoms with E-state index in [0.717, 1.165) is 49.7 Å². The average Bonchev–Trinajstić information content (AvgIpc) is 2.78. The Balaban J connectivity index is 0.000000426. The second-order valence-corrected chi connectivity index (χ2v) is 6.38. The summed E-state index contributed by atoms with van der Waals surface area (Å²) in [5, 5.41) is 9.15. The van der Waals surface area contributed by atoms with Crippen molar-refractivity contribution in [2.24, 2.45) is 0 Å². The van der Waals surface area contributed by atoms with E-state index in [2.05, 4.69) is 11.1 Å². The Bertz CT molecular complexity index is 870. The molecule has 2 aromatic rings. The van der Waals surface area contributed by atoms with Gasteiger partial charge in [0.15, 0.2) is 11.3 Å². The minimum atomic E-state index is -0.00875. The van der Waals surface area contributed by atoms with Crippen LogP contribution in [0.1, 0.15) is 29.3 Å². The molecule has 1 aliphatic rings. The molecule has 0 aliphatic carbocycles. The molecule has 3 rings (SSSR count). The number of benzene rings is 1. The van der Waals surface area contributed by atoms with Gasteiger partial charge in [-0.3, -0.25) is 4.79 Å². The molecule has 1 saturated heterocycles. The Morgan fingerprint density at radius 2 is 1.76 bits per heavy atom. The summed E-state index contributed by atoms with van der Waals surface area (Å²) in [6.07, 6.45) is 2.06. The topological polar surface area (TPSA) is 93.6 Å². The van der Waals surface area contributed by atoms with Gasteiger partial charge in [-0.2, -0.15) is 5.26 Å². The third kappa shape index (κ3) is 6.63. The quantitative estimate of drug-likeness (QED) is 0.801. The Labute approximate surface area is 171 Å². The molecule has 0 bridgehead atoms. The van der Waals surface area contributed by atoms with Gasteiger partial charge < -0.3 is 23.9 Å². The number of nitriles is 1. The fourth-order valence-electron chi connectivity index (χ4n) is 3.03. The highest BCUT2D eigenvalue weighted by Crippen LogP contribution is 2.20. The molecule has 0 atom stereocenters. The van der Waals surface area contributed by atoms with Gasteiger partial charge in [-0.1, -0.05) is 13.0 Å². The summed E-state index contributed by atoms with van der Waals surface area (Å²) < 4.78 is 20.2. The number of ether oxygens (including phenoxy) is 4. The van der Waals surface area contributed by atoms with Gasteiger partial charge in [0.05, 0.1) is 46.2 Å². The maximum Gasteiger partial charge on any atom is 0.194 e. The molecule has 1 N–H and O–H groups in total. The smallest absolute Gasteiger partial charge is 0.194 e. The Kier molecular flexibility index (Phi) is 9.22. The number of aromatic amines is 1. The van der Waals surface area contributed by atoms with Gasteiger partial charge in [-0.15, -0.1) is 0 Å². The molecule has 1 aliphatic heterocycles. The maximum absolute atomic E-state index is 12.1. The minimum absolute atomic E-state index is 0.00875. The van der Waals surface area contributed by atoms with Crippen LogP contribution in [0.3, 0.4) is 0 Å². The zero-order valence-corrected chi connectivity index (χ0v) is 17.2.